The first-order chi connectivity index (χ1) is 2.94. The molecule has 0 N–H and O–H groups in total. The summed E-state index contributed by atoms with van der Waals surface area (Å²) in [5, 5.41) is 0. The van der Waals surface area contributed by atoms with Crippen LogP contribution in [-0.2, 0) is 33.5 Å². The van der Waals surface area contributed by atoms with Gasteiger partial charge in [0.2, 0.25) is 0 Å². The number of rotatable bonds is 0. The molecule has 0 saturated heterocycles. The van der Waals surface area contributed by atoms with E-state index in [0.29, 0.717) is 0 Å². The average molecular weight is 241 g/mol. The van der Waals surface area contributed by atoms with Crippen LogP contribution in [0.4, 0.5) is 13.2 Å². The summed E-state index contributed by atoms with van der Waals surface area (Å²) in [6.07, 6.45) is 0. The predicted molar refractivity (Wildman–Crippen MR) is 15.0 cm³/mol. The Balaban J connectivity index is 0. The van der Waals surface area contributed by atoms with Crippen LogP contribution >= 0.6 is 0 Å². The number of halogens is 3. The van der Waals surface area contributed by atoms with Crippen molar-refractivity contribution >= 4 is 11.1 Å². The van der Waals surface area contributed by atoms with E-state index in [1.807, 2.05) is 0 Å². The van der Waals surface area contributed by atoms with E-state index in [1.165, 1.54) is 0 Å². The van der Waals surface area contributed by atoms with Crippen LogP contribution in [0.3, 0.4) is 0 Å². The Hall–Kier alpha value is 0.640. The zero-order chi connectivity index (χ0) is 6.08. The van der Waals surface area contributed by atoms with Crippen LogP contribution in [-0.4, -0.2) is 14.3 Å². The van der Waals surface area contributed by atoms with Gasteiger partial charge in [0.15, 0.2) is 0 Å². The first kappa shape index (κ1) is 11.4. The minimum Gasteiger partial charge on any atom is -0.766 e. The minimum atomic E-state index is -5.08. The van der Waals surface area contributed by atoms with E-state index in [-0.39, 0.29) is 22.4 Å². The molecule has 0 aliphatic rings. The van der Waals surface area contributed by atoms with Crippen molar-refractivity contribution in [1.82, 2.24) is 0 Å². The van der Waals surface area contributed by atoms with Gasteiger partial charge in [0, 0.05) is 22.4 Å². The molecule has 0 heterocycles. The third-order valence-electron chi connectivity index (χ3n) is 0.189. The van der Waals surface area contributed by atoms with E-state index in [4.69, 9.17) is 8.76 Å². The summed E-state index contributed by atoms with van der Waals surface area (Å²) in [5.74, 6) is 0. The second-order valence-corrected chi connectivity index (χ2v) is 1.61. The summed E-state index contributed by atoms with van der Waals surface area (Å²) in [4.78, 5) is 0. The molecular weight excluding hydrogens is 241 g/mol. The minimum absolute atomic E-state index is 0. The van der Waals surface area contributed by atoms with Gasteiger partial charge < -0.3 is 4.55 Å². The second kappa shape index (κ2) is 3.62. The van der Waals surface area contributed by atoms with Gasteiger partial charge in [0.05, 0.1) is 11.1 Å². The Labute approximate surface area is 61.2 Å². The standard InChI is InChI=1S/CHF3O2S.Ag/c2-1(3,4)7(5)6;/h(H,5,6);/p-1. The summed E-state index contributed by atoms with van der Waals surface area (Å²) in [7, 11) is 0. The van der Waals surface area contributed by atoms with Gasteiger partial charge in [-0.1, -0.05) is 0 Å². The van der Waals surface area contributed by atoms with Gasteiger partial charge in [-0.2, -0.15) is 13.2 Å². The first-order valence-electron chi connectivity index (χ1n) is 1.10. The Kier molecular flexibility index (Phi) is 5.18. The fourth-order valence-electron chi connectivity index (χ4n) is 0. The van der Waals surface area contributed by atoms with Crippen LogP contribution in [0.25, 0.3) is 0 Å². The van der Waals surface area contributed by atoms with E-state index in [9.17, 15) is 13.2 Å². The monoisotopic (exact) mass is 240 g/mol. The topological polar surface area (TPSA) is 40.1 Å². The van der Waals surface area contributed by atoms with Crippen molar-refractivity contribution in [1.29, 1.82) is 0 Å². The molecule has 1 unspecified atom stereocenters. The number of hydrogen-bond donors (Lipinski definition) is 0. The maximum atomic E-state index is 10.6. The maximum Gasteiger partial charge on any atom is 0.458 e. The molecule has 1 atom stereocenters. The SMILES string of the molecule is O=S([O-])C(F)(F)F.[Ag]. The Bertz CT molecular complexity index is 89.8. The largest absolute Gasteiger partial charge is 0.766 e. The summed E-state index contributed by atoms with van der Waals surface area (Å²) >= 11 is -3.93. The molecule has 0 amide bonds. The number of hydrogen-bond acceptors (Lipinski definition) is 2. The van der Waals surface area contributed by atoms with Gasteiger partial charge in [0.1, 0.15) is 0 Å². The molecule has 8 heavy (non-hydrogen) atoms. The van der Waals surface area contributed by atoms with Crippen LogP contribution < -0.4 is 0 Å². The van der Waals surface area contributed by atoms with Crippen molar-refractivity contribution in [2.75, 3.05) is 0 Å². The normalized spacial score (nSPS) is 14.5. The van der Waals surface area contributed by atoms with E-state index in [1.54, 1.807) is 0 Å². The van der Waals surface area contributed by atoms with E-state index in [2.05, 4.69) is 0 Å². The molecule has 55 valence electrons. The quantitative estimate of drug-likeness (QED) is 0.454. The van der Waals surface area contributed by atoms with Gasteiger partial charge in [-0.15, -0.1) is 0 Å². The third kappa shape index (κ3) is 4.79. The molecule has 2 nitrogen and oxygen atoms in total. The Morgan fingerprint density at radius 3 is 1.50 bits per heavy atom. The molecule has 0 aromatic carbocycles. The van der Waals surface area contributed by atoms with E-state index < -0.39 is 16.6 Å². The van der Waals surface area contributed by atoms with E-state index in [0.717, 1.165) is 0 Å². The molecule has 0 aliphatic carbocycles. The van der Waals surface area contributed by atoms with Crippen molar-refractivity contribution in [2.24, 2.45) is 0 Å². The second-order valence-electron chi connectivity index (χ2n) is 0.680. The summed E-state index contributed by atoms with van der Waals surface area (Å²) in [5.41, 5.74) is -5.08. The average Bonchev–Trinajstić information content (AvgIpc) is 1.31. The van der Waals surface area contributed by atoms with Crippen LogP contribution in [0.1, 0.15) is 0 Å². The summed E-state index contributed by atoms with van der Waals surface area (Å²) < 4.78 is 49.5. The van der Waals surface area contributed by atoms with Crippen LogP contribution in [0.2, 0.25) is 0 Å². The molecular formula is CAgF3O2S-. The molecule has 7 heteroatoms. The molecule has 0 bridgehead atoms. The van der Waals surface area contributed by atoms with Gasteiger partial charge >= 0.3 is 5.51 Å². The van der Waals surface area contributed by atoms with Crippen molar-refractivity contribution in [3.05, 3.63) is 0 Å². The zero-order valence-corrected chi connectivity index (χ0v) is 5.46. The van der Waals surface area contributed by atoms with Crippen molar-refractivity contribution in [2.45, 2.75) is 5.51 Å². The Morgan fingerprint density at radius 2 is 1.50 bits per heavy atom. The van der Waals surface area contributed by atoms with E-state index >= 15 is 0 Å². The van der Waals surface area contributed by atoms with Gasteiger partial charge in [-0.05, 0) is 0 Å². The van der Waals surface area contributed by atoms with Crippen LogP contribution in [0.5, 0.6) is 0 Å². The third-order valence-corrected chi connectivity index (χ3v) is 0.567. The Morgan fingerprint density at radius 1 is 1.38 bits per heavy atom. The molecule has 0 aromatic rings. The number of alkyl halides is 3. The zero-order valence-electron chi connectivity index (χ0n) is 3.16. The van der Waals surface area contributed by atoms with Gasteiger partial charge in [-0.25, -0.2) is 0 Å². The van der Waals surface area contributed by atoms with Crippen molar-refractivity contribution in [3.63, 3.8) is 0 Å². The maximum absolute atomic E-state index is 10.6. The molecule has 0 aromatic heterocycles. The molecule has 0 fully saturated rings. The summed E-state index contributed by atoms with van der Waals surface area (Å²) in [6.45, 7) is 0. The van der Waals surface area contributed by atoms with Crippen molar-refractivity contribution in [3.8, 4) is 0 Å². The van der Waals surface area contributed by atoms with Crippen molar-refractivity contribution < 1.29 is 44.3 Å². The fourth-order valence-corrected chi connectivity index (χ4v) is 0. The molecule has 0 aliphatic heterocycles. The molecule has 0 rings (SSSR count). The van der Waals surface area contributed by atoms with Crippen LogP contribution in [0, 0.1) is 0 Å². The summed E-state index contributed by atoms with van der Waals surface area (Å²) in [6, 6.07) is 0. The van der Waals surface area contributed by atoms with Crippen LogP contribution in [0.15, 0.2) is 0 Å². The van der Waals surface area contributed by atoms with Gasteiger partial charge in [-0.3, -0.25) is 4.21 Å². The first-order valence-corrected chi connectivity index (χ1v) is 2.18. The molecule has 0 spiro atoms. The molecule has 1 radical (unpaired) electrons. The fraction of sp³-hybridized carbons (Fsp3) is 1.00. The molecule has 0 saturated carbocycles. The predicted octanol–water partition coefficient (Wildman–Crippen LogP) is 0.383. The smallest absolute Gasteiger partial charge is 0.458 e. The van der Waals surface area contributed by atoms with Gasteiger partial charge in [0.25, 0.3) is 0 Å².